The summed E-state index contributed by atoms with van der Waals surface area (Å²) in [6.45, 7) is 3.98. The first-order chi connectivity index (χ1) is 15.0. The van der Waals surface area contributed by atoms with Gasteiger partial charge in [-0.25, -0.2) is 9.67 Å². The highest BCUT2D eigenvalue weighted by Gasteiger charge is 2.31. The lowest BCUT2D eigenvalue weighted by molar-refractivity contribution is -0.137. The second kappa shape index (κ2) is 9.20. The smallest absolute Gasteiger partial charge is 0.417 e. The van der Waals surface area contributed by atoms with Gasteiger partial charge in [0.1, 0.15) is 5.75 Å². The molecule has 0 aliphatic rings. The third-order valence-electron chi connectivity index (χ3n) is 4.87. The number of ether oxygens (including phenoxy) is 1. The van der Waals surface area contributed by atoms with E-state index in [1.54, 1.807) is 25.2 Å². The first kappa shape index (κ1) is 23.6. The lowest BCUT2D eigenvalue weighted by Gasteiger charge is -2.20. The van der Waals surface area contributed by atoms with Crippen molar-refractivity contribution in [2.45, 2.75) is 32.5 Å². The molecule has 170 valence electrons. The number of hydrogen-bond acceptors (Lipinski definition) is 4. The fourth-order valence-corrected chi connectivity index (χ4v) is 3.54. The number of alkyl halides is 3. The van der Waals surface area contributed by atoms with Gasteiger partial charge >= 0.3 is 6.18 Å². The Morgan fingerprint density at radius 1 is 1.22 bits per heavy atom. The second-order valence-electron chi connectivity index (χ2n) is 7.53. The van der Waals surface area contributed by atoms with Crippen molar-refractivity contribution in [3.63, 3.8) is 0 Å². The zero-order valence-electron chi connectivity index (χ0n) is 17.9. The maximum Gasteiger partial charge on any atom is 0.417 e. The van der Waals surface area contributed by atoms with Crippen LogP contribution in [0.15, 0.2) is 42.7 Å². The van der Waals surface area contributed by atoms with Crippen LogP contribution < -0.4 is 4.74 Å². The minimum Gasteiger partial charge on any atom is -0.496 e. The molecule has 6 nitrogen and oxygen atoms in total. The van der Waals surface area contributed by atoms with E-state index in [1.165, 1.54) is 29.0 Å². The van der Waals surface area contributed by atoms with E-state index in [2.05, 4.69) is 10.1 Å². The molecule has 32 heavy (non-hydrogen) atoms. The van der Waals surface area contributed by atoms with Crippen LogP contribution in [-0.2, 0) is 12.7 Å². The number of carbonyl (C=O) groups excluding carboxylic acids is 1. The van der Waals surface area contributed by atoms with Crippen molar-refractivity contribution in [3.05, 3.63) is 70.1 Å². The fourth-order valence-electron chi connectivity index (χ4n) is 3.34. The van der Waals surface area contributed by atoms with Gasteiger partial charge in [0.05, 0.1) is 30.1 Å². The van der Waals surface area contributed by atoms with Crippen molar-refractivity contribution in [2.24, 2.45) is 0 Å². The summed E-state index contributed by atoms with van der Waals surface area (Å²) in [5, 5.41) is 4.76. The molecule has 1 aromatic carbocycles. The largest absolute Gasteiger partial charge is 0.496 e. The van der Waals surface area contributed by atoms with Crippen LogP contribution >= 0.6 is 11.6 Å². The van der Waals surface area contributed by atoms with E-state index < -0.39 is 11.7 Å². The predicted molar refractivity (Wildman–Crippen MR) is 114 cm³/mol. The minimum atomic E-state index is -4.48. The van der Waals surface area contributed by atoms with Gasteiger partial charge in [0.15, 0.2) is 5.82 Å². The molecule has 0 N–H and O–H groups in total. The highest BCUT2D eigenvalue weighted by molar-refractivity contribution is 6.30. The number of halogens is 4. The number of amides is 1. The molecule has 0 aliphatic heterocycles. The van der Waals surface area contributed by atoms with Crippen LogP contribution in [0.2, 0.25) is 5.02 Å². The zero-order chi connectivity index (χ0) is 23.6. The molecule has 0 atom stereocenters. The molecule has 0 fully saturated rings. The number of rotatable bonds is 6. The van der Waals surface area contributed by atoms with Gasteiger partial charge in [-0.2, -0.15) is 18.3 Å². The first-order valence-electron chi connectivity index (χ1n) is 9.72. The molecule has 2 heterocycles. The summed E-state index contributed by atoms with van der Waals surface area (Å²) in [6.07, 6.45) is -2.33. The predicted octanol–water partition coefficient (Wildman–Crippen LogP) is 5.34. The molecule has 3 rings (SSSR count). The van der Waals surface area contributed by atoms with Crippen molar-refractivity contribution in [1.29, 1.82) is 0 Å². The van der Waals surface area contributed by atoms with Gasteiger partial charge in [0, 0.05) is 30.4 Å². The molecule has 0 bridgehead atoms. The molecular weight excluding hydrogens is 445 g/mol. The molecule has 0 aliphatic carbocycles. The van der Waals surface area contributed by atoms with Crippen molar-refractivity contribution in [2.75, 3.05) is 14.2 Å². The SMILES string of the molecule is COc1ccc(Cl)cc1CN(C)C(=O)c1cnn(-c2ccc(C(F)(F)F)cn2)c1C(C)C. The standard InChI is InChI=1S/C22H22ClF3N4O2/c1-13(2)20-17(11-28-30(20)19-8-5-15(10-27-19)22(24,25)26)21(31)29(3)12-14-9-16(23)6-7-18(14)32-4/h5-11,13H,12H2,1-4H3. The summed E-state index contributed by atoms with van der Waals surface area (Å²) in [5.41, 5.74) is 0.766. The number of nitrogens with zero attached hydrogens (tertiary/aromatic N) is 4. The van der Waals surface area contributed by atoms with Gasteiger partial charge in [0.2, 0.25) is 0 Å². The average molecular weight is 467 g/mol. The summed E-state index contributed by atoms with van der Waals surface area (Å²) >= 11 is 6.08. The monoisotopic (exact) mass is 466 g/mol. The first-order valence-corrected chi connectivity index (χ1v) is 10.1. The topological polar surface area (TPSA) is 60.2 Å². The summed E-state index contributed by atoms with van der Waals surface area (Å²) in [7, 11) is 3.17. The molecular formula is C22H22ClF3N4O2. The van der Waals surface area contributed by atoms with Gasteiger partial charge in [0.25, 0.3) is 5.91 Å². The Balaban J connectivity index is 1.92. The van der Waals surface area contributed by atoms with Crippen LogP contribution in [0.5, 0.6) is 5.75 Å². The molecule has 2 aromatic heterocycles. The summed E-state index contributed by atoms with van der Waals surface area (Å²) in [5.74, 6) is 0.353. The molecule has 0 spiro atoms. The van der Waals surface area contributed by atoms with Crippen molar-refractivity contribution >= 4 is 17.5 Å². The summed E-state index contributed by atoms with van der Waals surface area (Å²) in [4.78, 5) is 18.6. The minimum absolute atomic E-state index is 0.144. The van der Waals surface area contributed by atoms with E-state index >= 15 is 0 Å². The molecule has 0 radical (unpaired) electrons. The zero-order valence-corrected chi connectivity index (χ0v) is 18.7. The molecule has 0 unspecified atom stereocenters. The molecule has 0 saturated heterocycles. The highest BCUT2D eigenvalue weighted by Crippen LogP contribution is 2.30. The van der Waals surface area contributed by atoms with Crippen LogP contribution in [0.4, 0.5) is 13.2 Å². The lowest BCUT2D eigenvalue weighted by Crippen LogP contribution is -2.27. The van der Waals surface area contributed by atoms with Gasteiger partial charge < -0.3 is 9.64 Å². The van der Waals surface area contributed by atoms with E-state index in [9.17, 15) is 18.0 Å². The van der Waals surface area contributed by atoms with Gasteiger partial charge in [-0.1, -0.05) is 25.4 Å². The Bertz CT molecular complexity index is 1110. The average Bonchev–Trinajstić information content (AvgIpc) is 3.18. The van der Waals surface area contributed by atoms with E-state index in [4.69, 9.17) is 16.3 Å². The number of benzene rings is 1. The Kier molecular flexibility index (Phi) is 6.78. The Labute approximate surface area is 188 Å². The molecule has 0 saturated carbocycles. The maximum atomic E-state index is 13.2. The number of pyridine rings is 1. The highest BCUT2D eigenvalue weighted by atomic mass is 35.5. The third-order valence-corrected chi connectivity index (χ3v) is 5.11. The van der Waals surface area contributed by atoms with Crippen LogP contribution in [0.25, 0.3) is 5.82 Å². The maximum absolute atomic E-state index is 13.2. The fraction of sp³-hybridized carbons (Fsp3) is 0.318. The Morgan fingerprint density at radius 3 is 2.50 bits per heavy atom. The summed E-state index contributed by atoms with van der Waals surface area (Å²) in [6, 6.07) is 7.32. The van der Waals surface area contributed by atoms with Crippen LogP contribution in [0.3, 0.4) is 0 Å². The van der Waals surface area contributed by atoms with Crippen molar-refractivity contribution < 1.29 is 22.7 Å². The number of hydrogen-bond donors (Lipinski definition) is 0. The van der Waals surface area contributed by atoms with Gasteiger partial charge in [-0.05, 0) is 36.2 Å². The van der Waals surface area contributed by atoms with Gasteiger partial charge in [-0.15, -0.1) is 0 Å². The quantitative estimate of drug-likeness (QED) is 0.491. The van der Waals surface area contributed by atoms with E-state index in [0.717, 1.165) is 17.8 Å². The van der Waals surface area contributed by atoms with Crippen LogP contribution in [-0.4, -0.2) is 39.7 Å². The van der Waals surface area contributed by atoms with Crippen molar-refractivity contribution in [3.8, 4) is 11.6 Å². The van der Waals surface area contributed by atoms with E-state index in [0.29, 0.717) is 22.0 Å². The molecule has 10 heteroatoms. The Morgan fingerprint density at radius 2 is 1.94 bits per heavy atom. The van der Waals surface area contributed by atoms with E-state index in [-0.39, 0.29) is 24.2 Å². The van der Waals surface area contributed by atoms with E-state index in [1.807, 2.05) is 13.8 Å². The third kappa shape index (κ3) is 4.88. The second-order valence-corrected chi connectivity index (χ2v) is 7.97. The number of methoxy groups -OCH3 is 1. The normalized spacial score (nSPS) is 11.7. The lowest BCUT2D eigenvalue weighted by atomic mass is 10.0. The molecule has 1 amide bonds. The van der Waals surface area contributed by atoms with Crippen molar-refractivity contribution in [1.82, 2.24) is 19.7 Å². The molecule has 3 aromatic rings. The Hall–Kier alpha value is -3.07. The summed E-state index contributed by atoms with van der Waals surface area (Å²) < 4.78 is 45.3. The van der Waals surface area contributed by atoms with Crippen LogP contribution in [0, 0.1) is 0 Å². The van der Waals surface area contributed by atoms with Crippen LogP contribution in [0.1, 0.15) is 46.9 Å². The number of aromatic nitrogens is 3. The number of carbonyl (C=O) groups is 1. The van der Waals surface area contributed by atoms with Gasteiger partial charge in [-0.3, -0.25) is 4.79 Å².